The molecule has 0 aromatic heterocycles. The van der Waals surface area contributed by atoms with Crippen LogP contribution in [0.4, 0.5) is 5.69 Å². The van der Waals surface area contributed by atoms with Crippen molar-refractivity contribution in [2.75, 3.05) is 0 Å². The lowest BCUT2D eigenvalue weighted by molar-refractivity contribution is -0.385. The van der Waals surface area contributed by atoms with Crippen LogP contribution in [0.15, 0.2) is 45.3 Å². The molecule has 0 aliphatic carbocycles. The van der Waals surface area contributed by atoms with Gasteiger partial charge in [-0.25, -0.2) is 0 Å². The minimum atomic E-state index is -0.466. The molecule has 0 saturated carbocycles. The topological polar surface area (TPSA) is 52.4 Å². The van der Waals surface area contributed by atoms with Crippen LogP contribution in [-0.4, -0.2) is 4.92 Å². The molecule has 4 nitrogen and oxygen atoms in total. The summed E-state index contributed by atoms with van der Waals surface area (Å²) in [4.78, 5) is 10.3. The number of nitro benzene ring substituents is 1. The van der Waals surface area contributed by atoms with Crippen molar-refractivity contribution in [1.82, 2.24) is 0 Å². The average Bonchev–Trinajstić information content (AvgIpc) is 2.39. The second-order valence-electron chi connectivity index (χ2n) is 3.90. The van der Waals surface area contributed by atoms with E-state index < -0.39 is 4.92 Å². The minimum absolute atomic E-state index is 0.0231. The number of non-ortho nitro benzene ring substituents is 1. The van der Waals surface area contributed by atoms with Crippen molar-refractivity contribution in [2.24, 2.45) is 0 Å². The maximum atomic E-state index is 10.7. The molecule has 104 valence electrons. The molecule has 0 atom stereocenters. The third-order valence-electron chi connectivity index (χ3n) is 2.52. The lowest BCUT2D eigenvalue weighted by atomic mass is 10.2. The summed E-state index contributed by atoms with van der Waals surface area (Å²) in [5, 5.41) is 11.3. The number of ether oxygens (including phenoxy) is 1. The Morgan fingerprint density at radius 1 is 1.20 bits per heavy atom. The van der Waals surface area contributed by atoms with E-state index in [-0.39, 0.29) is 12.3 Å². The van der Waals surface area contributed by atoms with Crippen LogP contribution < -0.4 is 4.74 Å². The smallest absolute Gasteiger partial charge is 0.273 e. The van der Waals surface area contributed by atoms with Gasteiger partial charge in [0.1, 0.15) is 12.4 Å². The molecule has 0 bridgehead atoms. The molecule has 2 aromatic rings. The fourth-order valence-electron chi connectivity index (χ4n) is 1.51. The summed E-state index contributed by atoms with van der Waals surface area (Å²) in [6.07, 6.45) is 0. The molecular weight excluding hydrogens is 413 g/mol. The Bertz CT molecular complexity index is 664. The number of hydrogen-bond acceptors (Lipinski definition) is 3. The highest BCUT2D eigenvalue weighted by molar-refractivity contribution is 9.10. The summed E-state index contributed by atoms with van der Waals surface area (Å²) in [7, 11) is 0. The molecule has 0 spiro atoms. The summed E-state index contributed by atoms with van der Waals surface area (Å²) >= 11 is 12.7. The third kappa shape index (κ3) is 3.71. The highest BCUT2D eigenvalue weighted by Gasteiger charge is 2.11. The molecule has 0 fully saturated rings. The second kappa shape index (κ2) is 6.56. The van der Waals surface area contributed by atoms with Gasteiger partial charge in [-0.05, 0) is 34.1 Å². The lowest BCUT2D eigenvalue weighted by Gasteiger charge is -2.09. The summed E-state index contributed by atoms with van der Waals surface area (Å²) in [5.41, 5.74) is 0.776. The summed E-state index contributed by atoms with van der Waals surface area (Å²) in [6.45, 7) is 0.228. The molecule has 0 N–H and O–H groups in total. The quantitative estimate of drug-likeness (QED) is 0.494. The van der Waals surface area contributed by atoms with Gasteiger partial charge in [0.05, 0.1) is 15.5 Å². The van der Waals surface area contributed by atoms with Crippen LogP contribution in [0.2, 0.25) is 5.02 Å². The Hall–Kier alpha value is -1.11. The van der Waals surface area contributed by atoms with Gasteiger partial charge in [-0.3, -0.25) is 10.1 Å². The maximum absolute atomic E-state index is 10.7. The first-order chi connectivity index (χ1) is 9.47. The van der Waals surface area contributed by atoms with E-state index in [1.807, 2.05) is 12.1 Å². The zero-order valence-electron chi connectivity index (χ0n) is 9.98. The molecule has 0 saturated heterocycles. The van der Waals surface area contributed by atoms with Gasteiger partial charge < -0.3 is 4.74 Å². The van der Waals surface area contributed by atoms with E-state index in [4.69, 9.17) is 16.3 Å². The van der Waals surface area contributed by atoms with Crippen LogP contribution in [0.1, 0.15) is 5.56 Å². The number of benzene rings is 2. The predicted octanol–water partition coefficient (Wildman–Crippen LogP) is 5.35. The summed E-state index contributed by atoms with van der Waals surface area (Å²) in [5.74, 6) is 0.401. The van der Waals surface area contributed by atoms with E-state index in [2.05, 4.69) is 31.9 Å². The molecule has 0 aliphatic heterocycles. The van der Waals surface area contributed by atoms with Crippen LogP contribution in [0.3, 0.4) is 0 Å². The first-order valence-electron chi connectivity index (χ1n) is 5.48. The molecule has 20 heavy (non-hydrogen) atoms. The van der Waals surface area contributed by atoms with Crippen molar-refractivity contribution >= 4 is 49.1 Å². The van der Waals surface area contributed by atoms with Crippen LogP contribution in [0.25, 0.3) is 0 Å². The zero-order chi connectivity index (χ0) is 14.7. The number of nitrogens with zero attached hydrogens (tertiary/aromatic N) is 1. The normalized spacial score (nSPS) is 10.3. The standard InChI is InChI=1S/C13H8Br2ClNO3/c14-9-2-1-8(12(16)5-9)7-20-13-6-10(17(18)19)3-4-11(13)15/h1-6H,7H2. The van der Waals surface area contributed by atoms with Gasteiger partial charge in [0, 0.05) is 21.1 Å². The molecule has 0 aliphatic rings. The van der Waals surface area contributed by atoms with E-state index >= 15 is 0 Å². The summed E-state index contributed by atoms with van der Waals surface area (Å²) < 4.78 is 7.11. The van der Waals surface area contributed by atoms with Gasteiger partial charge in [0.2, 0.25) is 0 Å². The van der Waals surface area contributed by atoms with Crippen molar-refractivity contribution in [3.05, 3.63) is 66.0 Å². The Morgan fingerprint density at radius 2 is 1.95 bits per heavy atom. The Balaban J connectivity index is 2.18. The molecule has 0 unspecified atom stereocenters. The van der Waals surface area contributed by atoms with Gasteiger partial charge in [-0.15, -0.1) is 0 Å². The van der Waals surface area contributed by atoms with E-state index in [1.54, 1.807) is 12.1 Å². The van der Waals surface area contributed by atoms with Crippen molar-refractivity contribution in [2.45, 2.75) is 6.61 Å². The van der Waals surface area contributed by atoms with Gasteiger partial charge >= 0.3 is 0 Å². The number of nitro groups is 1. The van der Waals surface area contributed by atoms with E-state index in [1.165, 1.54) is 12.1 Å². The van der Waals surface area contributed by atoms with Gasteiger partial charge in [-0.1, -0.05) is 33.6 Å². The zero-order valence-corrected chi connectivity index (χ0v) is 13.9. The molecule has 0 heterocycles. The Morgan fingerprint density at radius 3 is 2.60 bits per heavy atom. The highest BCUT2D eigenvalue weighted by atomic mass is 79.9. The van der Waals surface area contributed by atoms with Crippen LogP contribution >= 0.6 is 43.5 Å². The molecular formula is C13H8Br2ClNO3. The molecule has 0 radical (unpaired) electrons. The monoisotopic (exact) mass is 419 g/mol. The van der Waals surface area contributed by atoms with E-state index in [9.17, 15) is 10.1 Å². The first kappa shape index (κ1) is 15.3. The van der Waals surface area contributed by atoms with Crippen molar-refractivity contribution in [3.63, 3.8) is 0 Å². The highest BCUT2D eigenvalue weighted by Crippen LogP contribution is 2.31. The number of rotatable bonds is 4. The first-order valence-corrected chi connectivity index (χ1v) is 7.44. The molecule has 2 rings (SSSR count). The van der Waals surface area contributed by atoms with Gasteiger partial charge in [0.15, 0.2) is 0 Å². The average molecular weight is 421 g/mol. The SMILES string of the molecule is O=[N+]([O-])c1ccc(Br)c(OCc2ccc(Br)cc2Cl)c1. The predicted molar refractivity (Wildman–Crippen MR) is 84.3 cm³/mol. The second-order valence-corrected chi connectivity index (χ2v) is 6.07. The van der Waals surface area contributed by atoms with Gasteiger partial charge in [0.25, 0.3) is 5.69 Å². The van der Waals surface area contributed by atoms with Crippen LogP contribution in [0.5, 0.6) is 5.75 Å². The maximum Gasteiger partial charge on any atom is 0.273 e. The molecule has 0 amide bonds. The van der Waals surface area contributed by atoms with Crippen molar-refractivity contribution < 1.29 is 9.66 Å². The molecule has 2 aromatic carbocycles. The van der Waals surface area contributed by atoms with Gasteiger partial charge in [-0.2, -0.15) is 0 Å². The summed E-state index contributed by atoms with van der Waals surface area (Å²) in [6, 6.07) is 9.81. The van der Waals surface area contributed by atoms with Crippen molar-refractivity contribution in [3.8, 4) is 5.75 Å². The largest absolute Gasteiger partial charge is 0.487 e. The third-order valence-corrected chi connectivity index (χ3v) is 4.02. The van der Waals surface area contributed by atoms with E-state index in [0.29, 0.717) is 15.2 Å². The Kier molecular flexibility index (Phi) is 5.01. The van der Waals surface area contributed by atoms with E-state index in [0.717, 1.165) is 10.0 Å². The number of hydrogen-bond donors (Lipinski definition) is 0. The molecule has 7 heteroatoms. The Labute approximate surface area is 137 Å². The lowest BCUT2D eigenvalue weighted by Crippen LogP contribution is -1.98. The number of halogens is 3. The fraction of sp³-hybridized carbons (Fsp3) is 0.0769. The minimum Gasteiger partial charge on any atom is -0.487 e. The van der Waals surface area contributed by atoms with Crippen molar-refractivity contribution in [1.29, 1.82) is 0 Å². The van der Waals surface area contributed by atoms with Crippen LogP contribution in [0, 0.1) is 10.1 Å². The van der Waals surface area contributed by atoms with Crippen LogP contribution in [-0.2, 0) is 6.61 Å². The fourth-order valence-corrected chi connectivity index (χ4v) is 2.60.